The van der Waals surface area contributed by atoms with Crippen LogP contribution in [0.2, 0.25) is 0 Å². The van der Waals surface area contributed by atoms with Crippen LogP contribution >= 0.6 is 11.3 Å². The lowest BCUT2D eigenvalue weighted by Gasteiger charge is -2.22. The van der Waals surface area contributed by atoms with Crippen LogP contribution in [0.15, 0.2) is 84.2 Å². The van der Waals surface area contributed by atoms with Crippen molar-refractivity contribution in [3.63, 3.8) is 0 Å². The first-order chi connectivity index (χ1) is 15.8. The molecule has 2 aromatic carbocycles. The van der Waals surface area contributed by atoms with E-state index in [0.29, 0.717) is 5.69 Å². The number of aromatic nitrogens is 2. The second-order valence-electron chi connectivity index (χ2n) is 8.05. The van der Waals surface area contributed by atoms with E-state index in [1.54, 1.807) is 16.0 Å². The molecule has 6 heteroatoms. The zero-order valence-electron chi connectivity index (χ0n) is 17.9. The Bertz CT molecular complexity index is 1160. The van der Waals surface area contributed by atoms with Gasteiger partial charge in [0.2, 0.25) is 0 Å². The maximum Gasteiger partial charge on any atom is 0.272 e. The molecule has 0 radical (unpaired) electrons. The molecular weight excluding hydrogens is 416 g/mol. The molecule has 3 heterocycles. The molecule has 0 unspecified atom stereocenters. The third kappa shape index (κ3) is 4.52. The molecule has 0 atom stereocenters. The molecule has 1 aliphatic heterocycles. The van der Waals surface area contributed by atoms with Crippen molar-refractivity contribution >= 4 is 17.2 Å². The van der Waals surface area contributed by atoms with Crippen molar-refractivity contribution in [2.75, 3.05) is 26.2 Å². The standard InChI is InChI=1S/C26H26N4OS/c31-26(29-15-8-14-28(16-17-29)20-21-9-3-1-4-10-21)24-19-23(25-13-7-18-32-25)27-30(24)22-11-5-2-6-12-22/h1-7,9-13,18-19H,8,14-17,20H2. The van der Waals surface area contributed by atoms with Crippen LogP contribution in [0.25, 0.3) is 16.3 Å². The molecule has 2 aromatic heterocycles. The summed E-state index contributed by atoms with van der Waals surface area (Å²) in [5, 5.41) is 6.84. The van der Waals surface area contributed by atoms with Crippen LogP contribution in [0.4, 0.5) is 0 Å². The highest BCUT2D eigenvalue weighted by molar-refractivity contribution is 7.13. The maximum absolute atomic E-state index is 13.6. The van der Waals surface area contributed by atoms with Crippen molar-refractivity contribution < 1.29 is 4.79 Å². The summed E-state index contributed by atoms with van der Waals surface area (Å²) in [5.41, 5.74) is 3.68. The zero-order valence-corrected chi connectivity index (χ0v) is 18.7. The van der Waals surface area contributed by atoms with Gasteiger partial charge in [0.25, 0.3) is 5.91 Å². The summed E-state index contributed by atoms with van der Waals surface area (Å²) < 4.78 is 1.80. The number of benzene rings is 2. The van der Waals surface area contributed by atoms with Crippen LogP contribution in [0.3, 0.4) is 0 Å². The Morgan fingerprint density at radius 1 is 0.875 bits per heavy atom. The van der Waals surface area contributed by atoms with Gasteiger partial charge in [-0.1, -0.05) is 54.6 Å². The number of hydrogen-bond acceptors (Lipinski definition) is 4. The lowest BCUT2D eigenvalue weighted by atomic mass is 10.2. The second-order valence-corrected chi connectivity index (χ2v) is 8.99. The Hall–Kier alpha value is -3.22. The van der Waals surface area contributed by atoms with E-state index in [1.807, 2.05) is 64.9 Å². The van der Waals surface area contributed by atoms with Crippen LogP contribution in [-0.2, 0) is 6.54 Å². The fraction of sp³-hybridized carbons (Fsp3) is 0.231. The van der Waals surface area contributed by atoms with Gasteiger partial charge in [-0.05, 0) is 41.6 Å². The van der Waals surface area contributed by atoms with E-state index in [0.717, 1.165) is 55.4 Å². The van der Waals surface area contributed by atoms with E-state index in [9.17, 15) is 4.79 Å². The monoisotopic (exact) mass is 442 g/mol. The lowest BCUT2D eigenvalue weighted by molar-refractivity contribution is 0.0752. The van der Waals surface area contributed by atoms with Crippen molar-refractivity contribution in [2.24, 2.45) is 0 Å². The van der Waals surface area contributed by atoms with Crippen LogP contribution in [0, 0.1) is 0 Å². The molecular formula is C26H26N4OS. The number of rotatable bonds is 5. The highest BCUT2D eigenvalue weighted by Gasteiger charge is 2.25. The number of hydrogen-bond donors (Lipinski definition) is 0. The molecule has 5 rings (SSSR count). The normalized spacial score (nSPS) is 14.9. The predicted molar refractivity (Wildman–Crippen MR) is 129 cm³/mol. The van der Waals surface area contributed by atoms with Gasteiger partial charge in [0.1, 0.15) is 11.4 Å². The van der Waals surface area contributed by atoms with E-state index in [-0.39, 0.29) is 5.91 Å². The summed E-state index contributed by atoms with van der Waals surface area (Å²) >= 11 is 1.64. The first-order valence-corrected chi connectivity index (χ1v) is 11.9. The van der Waals surface area contributed by atoms with Gasteiger partial charge in [-0.25, -0.2) is 4.68 Å². The minimum Gasteiger partial charge on any atom is -0.336 e. The Labute approximate surface area is 192 Å². The molecule has 0 aliphatic carbocycles. The molecule has 162 valence electrons. The van der Waals surface area contributed by atoms with Crippen molar-refractivity contribution in [1.82, 2.24) is 19.6 Å². The smallest absolute Gasteiger partial charge is 0.272 e. The van der Waals surface area contributed by atoms with Gasteiger partial charge in [-0.15, -0.1) is 11.3 Å². The Morgan fingerprint density at radius 2 is 1.66 bits per heavy atom. The van der Waals surface area contributed by atoms with Gasteiger partial charge in [0, 0.05) is 32.7 Å². The van der Waals surface area contributed by atoms with Gasteiger partial charge >= 0.3 is 0 Å². The lowest BCUT2D eigenvalue weighted by Crippen LogP contribution is -2.36. The minimum atomic E-state index is 0.0470. The van der Waals surface area contributed by atoms with Crippen LogP contribution in [-0.4, -0.2) is 51.7 Å². The molecule has 1 saturated heterocycles. The zero-order chi connectivity index (χ0) is 21.8. The Morgan fingerprint density at radius 3 is 2.41 bits per heavy atom. The summed E-state index contributed by atoms with van der Waals surface area (Å²) in [5.74, 6) is 0.0470. The average molecular weight is 443 g/mol. The molecule has 0 saturated carbocycles. The van der Waals surface area contributed by atoms with Crippen molar-refractivity contribution in [2.45, 2.75) is 13.0 Å². The van der Waals surface area contributed by atoms with Gasteiger partial charge in [0.15, 0.2) is 0 Å². The first-order valence-electron chi connectivity index (χ1n) is 11.0. The Balaban J connectivity index is 1.37. The van der Waals surface area contributed by atoms with Gasteiger partial charge in [0.05, 0.1) is 10.6 Å². The number of carbonyl (C=O) groups is 1. The fourth-order valence-corrected chi connectivity index (χ4v) is 4.86. The molecule has 1 aliphatic rings. The summed E-state index contributed by atoms with van der Waals surface area (Å²) in [6.45, 7) is 4.28. The molecule has 0 N–H and O–H groups in total. The molecule has 1 fully saturated rings. The van der Waals surface area contributed by atoms with Crippen LogP contribution < -0.4 is 0 Å². The van der Waals surface area contributed by atoms with Crippen LogP contribution in [0.5, 0.6) is 0 Å². The third-order valence-electron chi connectivity index (χ3n) is 5.83. The highest BCUT2D eigenvalue weighted by atomic mass is 32.1. The van der Waals surface area contributed by atoms with Crippen molar-refractivity contribution in [3.05, 3.63) is 95.5 Å². The molecule has 1 amide bonds. The van der Waals surface area contributed by atoms with E-state index < -0.39 is 0 Å². The number of carbonyl (C=O) groups excluding carboxylic acids is 1. The molecule has 0 spiro atoms. The van der Waals surface area contributed by atoms with E-state index in [2.05, 4.69) is 29.2 Å². The van der Waals surface area contributed by atoms with Gasteiger partial charge < -0.3 is 4.90 Å². The predicted octanol–water partition coefficient (Wildman–Crippen LogP) is 4.95. The van der Waals surface area contributed by atoms with Crippen molar-refractivity contribution in [1.29, 1.82) is 0 Å². The molecule has 0 bridgehead atoms. The largest absolute Gasteiger partial charge is 0.336 e. The molecule has 5 nitrogen and oxygen atoms in total. The van der Waals surface area contributed by atoms with Crippen LogP contribution in [0.1, 0.15) is 22.5 Å². The number of nitrogens with zero attached hydrogens (tertiary/aromatic N) is 4. The van der Waals surface area contributed by atoms with Gasteiger partial charge in [-0.2, -0.15) is 5.10 Å². The molecule has 4 aromatic rings. The topological polar surface area (TPSA) is 41.4 Å². The van der Waals surface area contributed by atoms with Gasteiger partial charge in [-0.3, -0.25) is 9.69 Å². The maximum atomic E-state index is 13.6. The average Bonchev–Trinajstić information content (AvgIpc) is 3.47. The second kappa shape index (κ2) is 9.51. The number of thiophene rings is 1. The Kier molecular flexibility index (Phi) is 6.14. The highest BCUT2D eigenvalue weighted by Crippen LogP contribution is 2.26. The third-order valence-corrected chi connectivity index (χ3v) is 6.72. The molecule has 32 heavy (non-hydrogen) atoms. The summed E-state index contributed by atoms with van der Waals surface area (Å²) in [7, 11) is 0. The number of para-hydroxylation sites is 1. The quantitative estimate of drug-likeness (QED) is 0.439. The van der Waals surface area contributed by atoms with Crippen molar-refractivity contribution in [3.8, 4) is 16.3 Å². The summed E-state index contributed by atoms with van der Waals surface area (Å²) in [4.78, 5) is 19.1. The van der Waals surface area contributed by atoms with E-state index in [4.69, 9.17) is 5.10 Å². The number of amides is 1. The summed E-state index contributed by atoms with van der Waals surface area (Å²) in [6.07, 6.45) is 0.968. The summed E-state index contributed by atoms with van der Waals surface area (Å²) in [6, 6.07) is 26.5. The fourth-order valence-electron chi connectivity index (χ4n) is 4.18. The van der Waals surface area contributed by atoms with E-state index in [1.165, 1.54) is 5.56 Å². The minimum absolute atomic E-state index is 0.0470. The first kappa shape index (κ1) is 20.7. The SMILES string of the molecule is O=C(c1cc(-c2cccs2)nn1-c1ccccc1)N1CCCN(Cc2ccccc2)CC1. The van der Waals surface area contributed by atoms with E-state index >= 15 is 0 Å².